The van der Waals surface area contributed by atoms with Crippen molar-refractivity contribution in [3.63, 3.8) is 0 Å². The molecule has 2 aliphatic carbocycles. The summed E-state index contributed by atoms with van der Waals surface area (Å²) in [6.45, 7) is 5.08. The van der Waals surface area contributed by atoms with Gasteiger partial charge in [0.2, 0.25) is 12.7 Å². The molecular weight excluding hydrogens is 404 g/mol. The molecule has 2 saturated heterocycles. The maximum Gasteiger partial charge on any atom is 0.241 e. The molecular formula is C26H30N2O4. The van der Waals surface area contributed by atoms with Crippen LogP contribution in [0.25, 0.3) is 0 Å². The third-order valence-corrected chi connectivity index (χ3v) is 8.38. The van der Waals surface area contributed by atoms with Gasteiger partial charge in [-0.3, -0.25) is 4.79 Å². The zero-order valence-electron chi connectivity index (χ0n) is 18.4. The second kappa shape index (κ2) is 7.01. The van der Waals surface area contributed by atoms with Crippen LogP contribution in [0.3, 0.4) is 0 Å². The number of carbonyl (C=O) groups is 1. The summed E-state index contributed by atoms with van der Waals surface area (Å²) >= 11 is 0. The lowest BCUT2D eigenvalue weighted by molar-refractivity contribution is -0.134. The molecule has 6 heteroatoms. The highest BCUT2D eigenvalue weighted by atomic mass is 16.7. The maximum atomic E-state index is 14.1. The number of fused-ring (bicyclic) bond motifs is 5. The van der Waals surface area contributed by atoms with E-state index in [9.17, 15) is 4.79 Å². The number of carbonyl (C=O) groups excluding carboxylic acids is 1. The Labute approximate surface area is 188 Å². The fraction of sp³-hybridized carbons (Fsp3) is 0.577. The minimum atomic E-state index is -0.724. The zero-order chi connectivity index (χ0) is 21.3. The van der Waals surface area contributed by atoms with Gasteiger partial charge in [0.15, 0.2) is 11.5 Å². The van der Waals surface area contributed by atoms with Crippen molar-refractivity contribution in [2.75, 3.05) is 39.6 Å². The molecule has 2 atom stereocenters. The maximum absolute atomic E-state index is 14.1. The first-order chi connectivity index (χ1) is 15.7. The number of nitrogens with zero attached hydrogens (tertiary/aromatic N) is 2. The highest BCUT2D eigenvalue weighted by Gasteiger charge is 2.61. The highest BCUT2D eigenvalue weighted by Crippen LogP contribution is 2.55. The van der Waals surface area contributed by atoms with Crippen LogP contribution in [0, 0.1) is 11.8 Å². The Hall–Kier alpha value is -2.47. The van der Waals surface area contributed by atoms with E-state index in [4.69, 9.17) is 14.2 Å². The molecule has 3 fully saturated rings. The molecule has 1 spiro atoms. The quantitative estimate of drug-likeness (QED) is 0.728. The third kappa shape index (κ3) is 2.78. The average Bonchev–Trinajstić information content (AvgIpc) is 3.30. The van der Waals surface area contributed by atoms with Gasteiger partial charge in [0.25, 0.3) is 0 Å². The van der Waals surface area contributed by atoms with E-state index in [1.54, 1.807) is 0 Å². The van der Waals surface area contributed by atoms with E-state index in [-0.39, 0.29) is 18.7 Å². The molecule has 0 N–H and O–H groups in total. The second-order valence-corrected chi connectivity index (χ2v) is 10.3. The number of piperidine rings is 1. The van der Waals surface area contributed by atoms with Gasteiger partial charge in [-0.15, -0.1) is 0 Å². The minimum Gasteiger partial charge on any atom is -0.491 e. The van der Waals surface area contributed by atoms with E-state index in [2.05, 4.69) is 28.0 Å². The summed E-state index contributed by atoms with van der Waals surface area (Å²) < 4.78 is 17.3. The largest absolute Gasteiger partial charge is 0.491 e. The Morgan fingerprint density at radius 2 is 1.72 bits per heavy atom. The fourth-order valence-electron chi connectivity index (χ4n) is 6.41. The number of hydrogen-bond acceptors (Lipinski definition) is 5. The minimum absolute atomic E-state index is 0.136. The number of rotatable bonds is 4. The Kier molecular flexibility index (Phi) is 4.17. The summed E-state index contributed by atoms with van der Waals surface area (Å²) in [6, 6.07) is 4.02. The van der Waals surface area contributed by atoms with Crippen molar-refractivity contribution in [1.82, 2.24) is 9.80 Å². The number of allylic oxidation sites excluding steroid dienone is 2. The van der Waals surface area contributed by atoms with Gasteiger partial charge in [0.05, 0.1) is 6.04 Å². The van der Waals surface area contributed by atoms with Crippen molar-refractivity contribution in [2.24, 2.45) is 11.8 Å². The van der Waals surface area contributed by atoms with Crippen LogP contribution in [0.1, 0.15) is 37.7 Å². The van der Waals surface area contributed by atoms with Crippen molar-refractivity contribution >= 4 is 5.91 Å². The highest BCUT2D eigenvalue weighted by molar-refractivity contribution is 5.98. The first-order valence-corrected chi connectivity index (χ1v) is 12.2. The van der Waals surface area contributed by atoms with Crippen LogP contribution in [0.15, 0.2) is 35.9 Å². The summed E-state index contributed by atoms with van der Waals surface area (Å²) in [5.41, 5.74) is 1.41. The van der Waals surface area contributed by atoms with Gasteiger partial charge in [-0.05, 0) is 68.7 Å². The van der Waals surface area contributed by atoms with Gasteiger partial charge < -0.3 is 24.0 Å². The number of hydrogen-bond donors (Lipinski definition) is 0. The smallest absolute Gasteiger partial charge is 0.241 e. The molecule has 6 nitrogen and oxygen atoms in total. The molecule has 7 rings (SSSR count). The van der Waals surface area contributed by atoms with Gasteiger partial charge in [-0.25, -0.2) is 0 Å². The van der Waals surface area contributed by atoms with Crippen LogP contribution in [-0.2, 0) is 10.2 Å². The fourth-order valence-corrected chi connectivity index (χ4v) is 6.41. The standard InChI is InChI=1S/C26H30N2O4/c29-25-26(15-30-22-12-24-23(11-20(22)26)31-16-32-24)19-3-1-2-4-21(19)28(25)14-18-7-9-27(10-8-18)13-17-5-6-17/h1-3,11-12,17-18,21H,4-10,13-16H2. The van der Waals surface area contributed by atoms with Crippen LogP contribution < -0.4 is 14.2 Å². The monoisotopic (exact) mass is 434 g/mol. The summed E-state index contributed by atoms with van der Waals surface area (Å²) in [7, 11) is 0. The summed E-state index contributed by atoms with van der Waals surface area (Å²) in [5, 5.41) is 0. The topological polar surface area (TPSA) is 51.2 Å². The average molecular weight is 435 g/mol. The lowest BCUT2D eigenvalue weighted by Crippen LogP contribution is -2.45. The van der Waals surface area contributed by atoms with Gasteiger partial charge in [0.1, 0.15) is 17.8 Å². The molecule has 1 aromatic carbocycles. The number of ether oxygens (including phenoxy) is 3. The Bertz CT molecular complexity index is 1020. The van der Waals surface area contributed by atoms with Crippen LogP contribution in [0.2, 0.25) is 0 Å². The second-order valence-electron chi connectivity index (χ2n) is 10.3. The van der Waals surface area contributed by atoms with E-state index >= 15 is 0 Å². The van der Waals surface area contributed by atoms with Crippen molar-refractivity contribution in [3.8, 4) is 17.2 Å². The Morgan fingerprint density at radius 1 is 0.938 bits per heavy atom. The van der Waals surface area contributed by atoms with E-state index in [0.29, 0.717) is 24.0 Å². The van der Waals surface area contributed by atoms with Crippen LogP contribution in [0.4, 0.5) is 0 Å². The number of benzene rings is 1. The molecule has 0 aromatic heterocycles. The van der Waals surface area contributed by atoms with Crippen molar-refractivity contribution in [1.29, 1.82) is 0 Å². The molecule has 0 radical (unpaired) electrons. The normalized spacial score (nSPS) is 31.1. The van der Waals surface area contributed by atoms with Gasteiger partial charge in [-0.2, -0.15) is 0 Å². The van der Waals surface area contributed by atoms with Crippen LogP contribution in [-0.4, -0.2) is 61.3 Å². The molecule has 168 valence electrons. The van der Waals surface area contributed by atoms with Crippen molar-refractivity contribution < 1.29 is 19.0 Å². The predicted octanol–water partition coefficient (Wildman–Crippen LogP) is 3.26. The molecule has 0 bridgehead atoms. The third-order valence-electron chi connectivity index (χ3n) is 8.38. The van der Waals surface area contributed by atoms with Gasteiger partial charge in [0, 0.05) is 24.7 Å². The molecule has 6 aliphatic rings. The number of likely N-dealkylation sites (tertiary alicyclic amines) is 2. The first kappa shape index (κ1) is 19.0. The Morgan fingerprint density at radius 3 is 2.53 bits per heavy atom. The van der Waals surface area contributed by atoms with Crippen molar-refractivity contribution in [3.05, 3.63) is 41.5 Å². The van der Waals surface area contributed by atoms with Gasteiger partial charge >= 0.3 is 0 Å². The van der Waals surface area contributed by atoms with E-state index < -0.39 is 5.41 Å². The lowest BCUT2D eigenvalue weighted by atomic mass is 9.74. The summed E-state index contributed by atoms with van der Waals surface area (Å²) in [4.78, 5) is 19.0. The van der Waals surface area contributed by atoms with Gasteiger partial charge in [-0.1, -0.05) is 18.2 Å². The van der Waals surface area contributed by atoms with E-state index in [0.717, 1.165) is 30.2 Å². The van der Waals surface area contributed by atoms with Crippen LogP contribution in [0.5, 0.6) is 17.2 Å². The molecule has 32 heavy (non-hydrogen) atoms. The molecule has 2 unspecified atom stereocenters. The molecule has 4 heterocycles. The molecule has 1 saturated carbocycles. The van der Waals surface area contributed by atoms with E-state index in [1.165, 1.54) is 50.9 Å². The molecule has 4 aliphatic heterocycles. The van der Waals surface area contributed by atoms with Crippen LogP contribution >= 0.6 is 0 Å². The SMILES string of the molecule is O=C1N(CC2CCN(CC3CC3)CC2)C2CC=CC=C2C12COc1cc3c(cc12)OCO3. The van der Waals surface area contributed by atoms with Crippen molar-refractivity contribution in [2.45, 2.75) is 43.6 Å². The Balaban J connectivity index is 1.17. The first-order valence-electron chi connectivity index (χ1n) is 12.2. The molecule has 1 aromatic rings. The lowest BCUT2D eigenvalue weighted by Gasteiger charge is -2.35. The summed E-state index contributed by atoms with van der Waals surface area (Å²) in [5.74, 6) is 3.91. The predicted molar refractivity (Wildman–Crippen MR) is 119 cm³/mol. The van der Waals surface area contributed by atoms with E-state index in [1.807, 2.05) is 12.1 Å². The summed E-state index contributed by atoms with van der Waals surface area (Å²) in [6.07, 6.45) is 12.6. The molecule has 1 amide bonds. The zero-order valence-corrected chi connectivity index (χ0v) is 18.4. The number of amides is 1.